The molecule has 3 N–H and O–H groups in total. The van der Waals surface area contributed by atoms with Crippen molar-refractivity contribution in [2.45, 2.75) is 32.7 Å². The van der Waals surface area contributed by atoms with Crippen molar-refractivity contribution in [3.63, 3.8) is 0 Å². The lowest BCUT2D eigenvalue weighted by molar-refractivity contribution is 0.0976. The zero-order chi connectivity index (χ0) is 15.2. The van der Waals surface area contributed by atoms with Gasteiger partial charge in [-0.05, 0) is 30.9 Å². The highest BCUT2D eigenvalue weighted by atomic mass is 16.1. The molecule has 0 bridgehead atoms. The molecule has 1 aromatic carbocycles. The largest absolute Gasteiger partial charge is 0.370 e. The molecule has 0 radical (unpaired) electrons. The first-order valence-corrected chi connectivity index (χ1v) is 7.27. The van der Waals surface area contributed by atoms with Gasteiger partial charge in [0.05, 0.1) is 0 Å². The van der Waals surface area contributed by atoms with Crippen molar-refractivity contribution in [2.75, 3.05) is 0 Å². The standard InChI is InChI=1S/C17H21N3O/c1-12(2)15(11-10-13-8-9-13)19-17(18)20-16(21)14-6-4-3-5-7-14/h3-7,12-13,15H,8-9H2,1-2H3,(H3,18,19,20,21). The first-order chi connectivity index (χ1) is 10.1. The number of nitrogens with one attached hydrogen (secondary N) is 1. The van der Waals surface area contributed by atoms with Crippen LogP contribution in [0.3, 0.4) is 0 Å². The predicted octanol–water partition coefficient (Wildman–Crippen LogP) is 2.17. The van der Waals surface area contributed by atoms with Crippen LogP contribution in [0.15, 0.2) is 35.3 Å². The second-order valence-electron chi connectivity index (χ2n) is 5.59. The van der Waals surface area contributed by atoms with Crippen molar-refractivity contribution in [1.29, 1.82) is 0 Å². The van der Waals surface area contributed by atoms with Crippen LogP contribution >= 0.6 is 0 Å². The minimum absolute atomic E-state index is 0.118. The van der Waals surface area contributed by atoms with Gasteiger partial charge in [-0.25, -0.2) is 4.99 Å². The minimum atomic E-state index is -0.255. The molecule has 1 aliphatic carbocycles. The van der Waals surface area contributed by atoms with Crippen molar-refractivity contribution in [2.24, 2.45) is 22.6 Å². The average molecular weight is 283 g/mol. The molecule has 0 saturated heterocycles. The molecule has 1 atom stereocenters. The van der Waals surface area contributed by atoms with Crippen LogP contribution in [-0.4, -0.2) is 17.9 Å². The van der Waals surface area contributed by atoms with Gasteiger partial charge in [0, 0.05) is 11.5 Å². The molecule has 110 valence electrons. The lowest BCUT2D eigenvalue weighted by Gasteiger charge is -2.11. The van der Waals surface area contributed by atoms with Crippen LogP contribution in [0, 0.1) is 23.7 Å². The summed E-state index contributed by atoms with van der Waals surface area (Å²) in [5, 5.41) is 2.61. The fourth-order valence-electron chi connectivity index (χ4n) is 1.74. The maximum atomic E-state index is 12.0. The van der Waals surface area contributed by atoms with Crippen LogP contribution in [0.1, 0.15) is 37.0 Å². The average Bonchev–Trinajstić information content (AvgIpc) is 3.28. The molecule has 2 rings (SSSR count). The van der Waals surface area contributed by atoms with Crippen molar-refractivity contribution in [1.82, 2.24) is 5.32 Å². The topological polar surface area (TPSA) is 67.5 Å². The van der Waals surface area contributed by atoms with E-state index in [4.69, 9.17) is 5.73 Å². The number of carbonyl (C=O) groups is 1. The van der Waals surface area contributed by atoms with Gasteiger partial charge in [-0.1, -0.05) is 43.9 Å². The summed E-state index contributed by atoms with van der Waals surface area (Å²) in [6.45, 7) is 4.09. The quantitative estimate of drug-likeness (QED) is 0.507. The summed E-state index contributed by atoms with van der Waals surface area (Å²) in [5.41, 5.74) is 6.38. The number of hydrogen-bond donors (Lipinski definition) is 2. The number of benzene rings is 1. The number of rotatable bonds is 3. The molecular weight excluding hydrogens is 262 g/mol. The number of aliphatic imine (C=N–C) groups is 1. The van der Waals surface area contributed by atoms with E-state index < -0.39 is 0 Å². The normalized spacial score (nSPS) is 16.0. The van der Waals surface area contributed by atoms with Crippen molar-refractivity contribution in [3.05, 3.63) is 35.9 Å². The molecule has 0 aliphatic heterocycles. The van der Waals surface area contributed by atoms with Gasteiger partial charge in [-0.15, -0.1) is 0 Å². The number of hydrogen-bond acceptors (Lipinski definition) is 2. The molecule has 1 aliphatic rings. The monoisotopic (exact) mass is 283 g/mol. The third-order valence-electron chi connectivity index (χ3n) is 3.20. The van der Waals surface area contributed by atoms with E-state index in [9.17, 15) is 4.79 Å². The van der Waals surface area contributed by atoms with Crippen LogP contribution in [0.5, 0.6) is 0 Å². The van der Waals surface area contributed by atoms with Gasteiger partial charge in [0.25, 0.3) is 5.91 Å². The van der Waals surface area contributed by atoms with E-state index in [1.807, 2.05) is 19.9 Å². The highest BCUT2D eigenvalue weighted by Crippen LogP contribution is 2.27. The maximum absolute atomic E-state index is 12.0. The Morgan fingerprint density at radius 1 is 1.33 bits per heavy atom. The Morgan fingerprint density at radius 2 is 2.00 bits per heavy atom. The smallest absolute Gasteiger partial charge is 0.257 e. The first-order valence-electron chi connectivity index (χ1n) is 7.27. The Hall–Kier alpha value is -2.28. The van der Waals surface area contributed by atoms with Crippen molar-refractivity contribution in [3.8, 4) is 11.8 Å². The number of nitrogens with two attached hydrogens (primary N) is 1. The van der Waals surface area contributed by atoms with E-state index in [0.29, 0.717) is 11.5 Å². The van der Waals surface area contributed by atoms with E-state index in [2.05, 4.69) is 22.2 Å². The molecule has 0 spiro atoms. The second kappa shape index (κ2) is 6.94. The second-order valence-corrected chi connectivity index (χ2v) is 5.59. The molecule has 1 saturated carbocycles. The SMILES string of the molecule is CC(C)C(C#CC1CC1)N=C(N)NC(=O)c1ccccc1. The van der Waals surface area contributed by atoms with E-state index in [0.717, 1.165) is 0 Å². The molecule has 21 heavy (non-hydrogen) atoms. The molecule has 4 heteroatoms. The molecule has 0 aromatic heterocycles. The van der Waals surface area contributed by atoms with E-state index in [1.54, 1.807) is 24.3 Å². The van der Waals surface area contributed by atoms with E-state index in [-0.39, 0.29) is 23.8 Å². The Balaban J connectivity index is 2.01. The highest BCUT2D eigenvalue weighted by Gasteiger charge is 2.19. The number of nitrogens with zero attached hydrogens (tertiary/aromatic N) is 1. The Morgan fingerprint density at radius 3 is 2.57 bits per heavy atom. The summed E-state index contributed by atoms with van der Waals surface area (Å²) >= 11 is 0. The lowest BCUT2D eigenvalue weighted by atomic mass is 10.1. The molecule has 1 aromatic rings. The predicted molar refractivity (Wildman–Crippen MR) is 84.7 cm³/mol. The highest BCUT2D eigenvalue weighted by molar-refractivity contribution is 6.05. The first kappa shape index (κ1) is 15.1. The van der Waals surface area contributed by atoms with Crippen LogP contribution in [0.25, 0.3) is 0 Å². The number of carbonyl (C=O) groups excluding carboxylic acids is 1. The third kappa shape index (κ3) is 4.96. The summed E-state index contributed by atoms with van der Waals surface area (Å²) in [5.74, 6) is 7.00. The van der Waals surface area contributed by atoms with E-state index >= 15 is 0 Å². The maximum Gasteiger partial charge on any atom is 0.257 e. The Labute approximate surface area is 125 Å². The molecule has 4 nitrogen and oxygen atoms in total. The van der Waals surface area contributed by atoms with Gasteiger partial charge in [0.2, 0.25) is 0 Å². The molecule has 0 heterocycles. The van der Waals surface area contributed by atoms with Crippen LogP contribution in [0.2, 0.25) is 0 Å². The summed E-state index contributed by atoms with van der Waals surface area (Å²) < 4.78 is 0. The minimum Gasteiger partial charge on any atom is -0.370 e. The fourth-order valence-corrected chi connectivity index (χ4v) is 1.74. The molecular formula is C17H21N3O. The zero-order valence-electron chi connectivity index (χ0n) is 12.5. The van der Waals surface area contributed by atoms with Crippen LogP contribution in [0.4, 0.5) is 0 Å². The van der Waals surface area contributed by atoms with Crippen molar-refractivity contribution >= 4 is 11.9 Å². The van der Waals surface area contributed by atoms with Gasteiger partial charge >= 0.3 is 0 Å². The number of amides is 1. The van der Waals surface area contributed by atoms with Crippen LogP contribution in [-0.2, 0) is 0 Å². The van der Waals surface area contributed by atoms with Crippen molar-refractivity contribution < 1.29 is 4.79 Å². The van der Waals surface area contributed by atoms with Crippen LogP contribution < -0.4 is 11.1 Å². The van der Waals surface area contributed by atoms with Gasteiger partial charge in [0.15, 0.2) is 5.96 Å². The van der Waals surface area contributed by atoms with Gasteiger partial charge < -0.3 is 5.73 Å². The third-order valence-corrected chi connectivity index (χ3v) is 3.20. The lowest BCUT2D eigenvalue weighted by Crippen LogP contribution is -2.38. The molecule has 1 unspecified atom stereocenters. The van der Waals surface area contributed by atoms with E-state index in [1.165, 1.54) is 12.8 Å². The summed E-state index contributed by atoms with van der Waals surface area (Å²) in [6, 6.07) is 8.75. The number of guanidine groups is 1. The summed E-state index contributed by atoms with van der Waals surface area (Å²) in [6.07, 6.45) is 2.36. The summed E-state index contributed by atoms with van der Waals surface area (Å²) in [7, 11) is 0. The zero-order valence-corrected chi connectivity index (χ0v) is 12.5. The van der Waals surface area contributed by atoms with Gasteiger partial charge in [0.1, 0.15) is 6.04 Å². The van der Waals surface area contributed by atoms with Gasteiger partial charge in [-0.2, -0.15) is 0 Å². The summed E-state index contributed by atoms with van der Waals surface area (Å²) in [4.78, 5) is 16.3. The Kier molecular flexibility index (Phi) is 4.99. The Bertz CT molecular complexity index is 577. The van der Waals surface area contributed by atoms with Gasteiger partial charge in [-0.3, -0.25) is 10.1 Å². The molecule has 1 fully saturated rings. The molecule has 1 amide bonds. The fraction of sp³-hybridized carbons (Fsp3) is 0.412.